The first-order valence-corrected chi connectivity index (χ1v) is 9.07. The molecule has 1 unspecified atom stereocenters. The van der Waals surface area contributed by atoms with E-state index in [1.54, 1.807) is 0 Å². The number of sulfone groups is 1. The van der Waals surface area contributed by atoms with Crippen molar-refractivity contribution in [1.29, 1.82) is 0 Å². The highest BCUT2D eigenvalue weighted by molar-refractivity contribution is 7.91. The van der Waals surface area contributed by atoms with Gasteiger partial charge in [-0.15, -0.1) is 0 Å². The Labute approximate surface area is 125 Å². The summed E-state index contributed by atoms with van der Waals surface area (Å²) >= 11 is 6.09. The molecule has 1 aliphatic heterocycles. The number of benzene rings is 1. The van der Waals surface area contributed by atoms with Crippen molar-refractivity contribution >= 4 is 27.1 Å². The number of halogens is 1. The van der Waals surface area contributed by atoms with Crippen LogP contribution in [0.15, 0.2) is 18.2 Å². The van der Waals surface area contributed by atoms with Crippen molar-refractivity contribution < 1.29 is 8.42 Å². The van der Waals surface area contributed by atoms with Gasteiger partial charge >= 0.3 is 0 Å². The van der Waals surface area contributed by atoms with Gasteiger partial charge in [-0.05, 0) is 37.5 Å². The number of hydrogen-bond donors (Lipinski definition) is 1. The predicted octanol–water partition coefficient (Wildman–Crippen LogP) is 1.85. The summed E-state index contributed by atoms with van der Waals surface area (Å²) in [6.45, 7) is 3.23. The van der Waals surface area contributed by atoms with Crippen LogP contribution in [0.1, 0.15) is 18.9 Å². The van der Waals surface area contributed by atoms with Crippen LogP contribution < -0.4 is 10.6 Å². The maximum absolute atomic E-state index is 11.7. The molecule has 6 heteroatoms. The van der Waals surface area contributed by atoms with E-state index in [1.165, 1.54) is 0 Å². The van der Waals surface area contributed by atoms with Gasteiger partial charge in [0.15, 0.2) is 9.84 Å². The van der Waals surface area contributed by atoms with Gasteiger partial charge in [-0.3, -0.25) is 0 Å². The first-order chi connectivity index (χ1) is 9.37. The van der Waals surface area contributed by atoms with E-state index in [0.717, 1.165) is 24.2 Å². The van der Waals surface area contributed by atoms with Crippen molar-refractivity contribution in [2.24, 2.45) is 5.73 Å². The van der Waals surface area contributed by atoms with Gasteiger partial charge in [0.2, 0.25) is 0 Å². The smallest absolute Gasteiger partial charge is 0.152 e. The third kappa shape index (κ3) is 4.11. The number of hydrogen-bond acceptors (Lipinski definition) is 4. The average molecular weight is 317 g/mol. The van der Waals surface area contributed by atoms with Crippen molar-refractivity contribution in [3.63, 3.8) is 0 Å². The minimum absolute atomic E-state index is 0.0608. The lowest BCUT2D eigenvalue weighted by atomic mass is 10.0. The van der Waals surface area contributed by atoms with Crippen molar-refractivity contribution in [2.45, 2.75) is 25.8 Å². The second kappa shape index (κ2) is 6.33. The van der Waals surface area contributed by atoms with E-state index in [9.17, 15) is 8.42 Å². The Kier molecular flexibility index (Phi) is 4.94. The van der Waals surface area contributed by atoms with Crippen LogP contribution in [0.5, 0.6) is 0 Å². The maximum atomic E-state index is 11.7. The van der Waals surface area contributed by atoms with E-state index < -0.39 is 9.84 Å². The summed E-state index contributed by atoms with van der Waals surface area (Å²) in [6, 6.07) is 5.82. The lowest BCUT2D eigenvalue weighted by molar-refractivity contribution is 0.597. The molecule has 1 saturated heterocycles. The fourth-order valence-corrected chi connectivity index (χ4v) is 3.97. The van der Waals surface area contributed by atoms with Gasteiger partial charge in [0, 0.05) is 29.8 Å². The third-order valence-electron chi connectivity index (χ3n) is 3.49. The predicted molar refractivity (Wildman–Crippen MR) is 84.3 cm³/mol. The quantitative estimate of drug-likeness (QED) is 0.924. The molecular weight excluding hydrogens is 296 g/mol. The molecule has 1 aliphatic rings. The standard InChI is InChI=1S/C14H21ClN2O2S/c1-11(16)9-12-3-4-13(15)10-14(12)17-5-2-7-20(18,19)8-6-17/h3-4,10-11H,2,5-9,16H2,1H3. The molecule has 1 aromatic rings. The van der Waals surface area contributed by atoms with Crippen molar-refractivity contribution in [3.05, 3.63) is 28.8 Å². The molecule has 1 fully saturated rings. The van der Waals surface area contributed by atoms with Crippen molar-refractivity contribution in [2.75, 3.05) is 29.5 Å². The first-order valence-electron chi connectivity index (χ1n) is 6.87. The maximum Gasteiger partial charge on any atom is 0.152 e. The summed E-state index contributed by atoms with van der Waals surface area (Å²) < 4.78 is 23.4. The fraction of sp³-hybridized carbons (Fsp3) is 0.571. The van der Waals surface area contributed by atoms with Crippen LogP contribution in [0.2, 0.25) is 5.02 Å². The van der Waals surface area contributed by atoms with Crippen LogP contribution in [0.25, 0.3) is 0 Å². The van der Waals surface area contributed by atoms with Crippen molar-refractivity contribution in [3.8, 4) is 0 Å². The lowest BCUT2D eigenvalue weighted by Gasteiger charge is -2.26. The van der Waals surface area contributed by atoms with E-state index in [1.807, 2.05) is 25.1 Å². The molecule has 4 nitrogen and oxygen atoms in total. The highest BCUT2D eigenvalue weighted by Gasteiger charge is 2.21. The average Bonchev–Trinajstić information content (AvgIpc) is 2.52. The van der Waals surface area contributed by atoms with Crippen LogP contribution in [-0.2, 0) is 16.3 Å². The molecular formula is C14H21ClN2O2S. The number of nitrogens with zero attached hydrogens (tertiary/aromatic N) is 1. The van der Waals surface area contributed by atoms with Gasteiger partial charge < -0.3 is 10.6 Å². The summed E-state index contributed by atoms with van der Waals surface area (Å²) in [5.41, 5.74) is 8.04. The molecule has 0 amide bonds. The van der Waals surface area contributed by atoms with E-state index in [0.29, 0.717) is 18.0 Å². The minimum atomic E-state index is -2.91. The Morgan fingerprint density at radius 2 is 2.10 bits per heavy atom. The Morgan fingerprint density at radius 3 is 2.80 bits per heavy atom. The Bertz CT molecular complexity index is 573. The Balaban J connectivity index is 2.28. The van der Waals surface area contributed by atoms with Crippen LogP contribution in [-0.4, -0.2) is 39.1 Å². The molecule has 0 aromatic heterocycles. The second-order valence-corrected chi connectivity index (χ2v) is 8.19. The van der Waals surface area contributed by atoms with Crippen LogP contribution in [0.4, 0.5) is 5.69 Å². The van der Waals surface area contributed by atoms with Crippen LogP contribution in [0, 0.1) is 0 Å². The van der Waals surface area contributed by atoms with Gasteiger partial charge in [-0.2, -0.15) is 0 Å². The van der Waals surface area contributed by atoms with Crippen LogP contribution >= 0.6 is 11.6 Å². The number of rotatable bonds is 3. The first kappa shape index (κ1) is 15.6. The summed E-state index contributed by atoms with van der Waals surface area (Å²) in [5.74, 6) is 0.476. The van der Waals surface area contributed by atoms with Gasteiger partial charge in [0.25, 0.3) is 0 Å². The van der Waals surface area contributed by atoms with E-state index >= 15 is 0 Å². The van der Waals surface area contributed by atoms with Crippen molar-refractivity contribution in [1.82, 2.24) is 0 Å². The zero-order chi connectivity index (χ0) is 14.8. The molecule has 0 bridgehead atoms. The van der Waals surface area contributed by atoms with Crippen LogP contribution in [0.3, 0.4) is 0 Å². The number of nitrogens with two attached hydrogens (primary N) is 1. The normalized spacial score (nSPS) is 20.4. The Morgan fingerprint density at radius 1 is 1.35 bits per heavy atom. The van der Waals surface area contributed by atoms with E-state index in [2.05, 4.69) is 4.90 Å². The molecule has 0 spiro atoms. The monoisotopic (exact) mass is 316 g/mol. The van der Waals surface area contributed by atoms with Gasteiger partial charge in [0.1, 0.15) is 0 Å². The topological polar surface area (TPSA) is 63.4 Å². The molecule has 2 N–H and O–H groups in total. The highest BCUT2D eigenvalue weighted by atomic mass is 35.5. The second-order valence-electron chi connectivity index (χ2n) is 5.45. The Hall–Kier alpha value is -0.780. The zero-order valence-electron chi connectivity index (χ0n) is 11.7. The molecule has 0 saturated carbocycles. The fourth-order valence-electron chi connectivity index (χ4n) is 2.53. The molecule has 20 heavy (non-hydrogen) atoms. The zero-order valence-corrected chi connectivity index (χ0v) is 13.3. The molecule has 1 aromatic carbocycles. The third-order valence-corrected chi connectivity index (χ3v) is 5.44. The summed E-state index contributed by atoms with van der Waals surface area (Å²) in [7, 11) is -2.91. The SMILES string of the molecule is CC(N)Cc1ccc(Cl)cc1N1CCCS(=O)(=O)CC1. The van der Waals surface area contributed by atoms with E-state index in [4.69, 9.17) is 17.3 Å². The summed E-state index contributed by atoms with van der Waals surface area (Å²) in [4.78, 5) is 2.12. The number of anilines is 1. The molecule has 0 radical (unpaired) electrons. The lowest BCUT2D eigenvalue weighted by Crippen LogP contribution is -2.29. The van der Waals surface area contributed by atoms with E-state index in [-0.39, 0.29) is 17.5 Å². The summed E-state index contributed by atoms with van der Waals surface area (Å²) in [5, 5.41) is 0.667. The molecule has 1 atom stereocenters. The molecule has 0 aliphatic carbocycles. The molecule has 1 heterocycles. The largest absolute Gasteiger partial charge is 0.370 e. The van der Waals surface area contributed by atoms with Gasteiger partial charge in [0.05, 0.1) is 11.5 Å². The van der Waals surface area contributed by atoms with Gasteiger partial charge in [-0.1, -0.05) is 17.7 Å². The highest BCUT2D eigenvalue weighted by Crippen LogP contribution is 2.27. The summed E-state index contributed by atoms with van der Waals surface area (Å²) in [6.07, 6.45) is 1.42. The van der Waals surface area contributed by atoms with Gasteiger partial charge in [-0.25, -0.2) is 8.42 Å². The molecule has 2 rings (SSSR count). The minimum Gasteiger partial charge on any atom is -0.370 e. The molecule has 112 valence electrons.